The molecule has 0 aromatic rings. The van der Waals surface area contributed by atoms with Crippen LogP contribution in [0.5, 0.6) is 0 Å². The third-order valence-corrected chi connectivity index (χ3v) is 6.68. The van der Waals surface area contributed by atoms with Crippen LogP contribution in [0.4, 0.5) is 4.79 Å². The lowest BCUT2D eigenvalue weighted by molar-refractivity contribution is -0.171. The van der Waals surface area contributed by atoms with Crippen LogP contribution in [0.3, 0.4) is 0 Å². The number of hydrogen-bond acceptors (Lipinski definition) is 8. The van der Waals surface area contributed by atoms with Gasteiger partial charge in [0.1, 0.15) is 29.9 Å². The third kappa shape index (κ3) is 9.26. The summed E-state index contributed by atoms with van der Waals surface area (Å²) in [6.07, 6.45) is 0.800. The summed E-state index contributed by atoms with van der Waals surface area (Å²) in [6, 6.07) is -3.33. The van der Waals surface area contributed by atoms with E-state index in [9.17, 15) is 24.0 Å². The maximum Gasteiger partial charge on any atom is 0.408 e. The number of unbranched alkanes of at least 4 members (excludes halogenated alkanes) is 1. The van der Waals surface area contributed by atoms with Crippen LogP contribution in [0.15, 0.2) is 12.7 Å². The Morgan fingerprint density at radius 2 is 1.71 bits per heavy atom. The van der Waals surface area contributed by atoms with E-state index in [4.69, 9.17) is 14.2 Å². The highest BCUT2D eigenvalue weighted by atomic mass is 16.8. The van der Waals surface area contributed by atoms with Crippen molar-refractivity contribution in [3.05, 3.63) is 12.7 Å². The van der Waals surface area contributed by atoms with Gasteiger partial charge in [0.05, 0.1) is 12.6 Å². The number of ketones is 1. The largest absolute Gasteiger partial charge is 0.444 e. The van der Waals surface area contributed by atoms with E-state index in [0.29, 0.717) is 6.42 Å². The van der Waals surface area contributed by atoms with Crippen LogP contribution in [0, 0.1) is 5.41 Å². The first-order chi connectivity index (χ1) is 18.8. The lowest BCUT2D eigenvalue weighted by atomic mass is 9.85. The topological polar surface area (TPSA) is 152 Å². The van der Waals surface area contributed by atoms with Crippen LogP contribution < -0.4 is 16.0 Å². The van der Waals surface area contributed by atoms with E-state index in [1.54, 1.807) is 55.4 Å². The Labute approximate surface area is 243 Å². The normalized spacial score (nSPS) is 23.1. The number of rotatable bonds is 11. The first kappa shape index (κ1) is 34.2. The molecule has 2 heterocycles. The summed E-state index contributed by atoms with van der Waals surface area (Å²) in [5, 5.41) is 7.83. The second-order valence-corrected chi connectivity index (χ2v) is 13.1. The molecule has 41 heavy (non-hydrogen) atoms. The summed E-state index contributed by atoms with van der Waals surface area (Å²) >= 11 is 0. The summed E-state index contributed by atoms with van der Waals surface area (Å²) in [5.41, 5.74) is -1.54. The Balaban J connectivity index is 2.39. The van der Waals surface area contributed by atoms with Crippen LogP contribution >= 0.6 is 0 Å². The van der Waals surface area contributed by atoms with Gasteiger partial charge in [-0.25, -0.2) is 4.79 Å². The highest BCUT2D eigenvalue weighted by molar-refractivity contribution is 6.38. The number of carbonyl (C=O) groups excluding carboxylic acids is 5. The highest BCUT2D eigenvalue weighted by Crippen LogP contribution is 2.38. The highest BCUT2D eigenvalue weighted by Gasteiger charge is 2.58. The second-order valence-electron chi connectivity index (χ2n) is 13.1. The van der Waals surface area contributed by atoms with Crippen molar-refractivity contribution in [1.29, 1.82) is 0 Å². The van der Waals surface area contributed by atoms with Crippen molar-refractivity contribution in [3.63, 3.8) is 0 Å². The molecule has 5 atom stereocenters. The molecule has 3 N–H and O–H groups in total. The van der Waals surface area contributed by atoms with E-state index in [-0.39, 0.29) is 19.5 Å². The molecule has 2 aliphatic heterocycles. The van der Waals surface area contributed by atoms with E-state index >= 15 is 0 Å². The minimum Gasteiger partial charge on any atom is -0.444 e. The summed E-state index contributed by atoms with van der Waals surface area (Å²) < 4.78 is 17.4. The fourth-order valence-electron chi connectivity index (χ4n) is 4.86. The van der Waals surface area contributed by atoms with Crippen molar-refractivity contribution in [2.45, 2.75) is 123 Å². The lowest BCUT2D eigenvalue weighted by Crippen LogP contribution is -2.61. The van der Waals surface area contributed by atoms with Gasteiger partial charge in [0.2, 0.25) is 17.6 Å². The fourth-order valence-corrected chi connectivity index (χ4v) is 4.86. The van der Waals surface area contributed by atoms with Crippen molar-refractivity contribution >= 4 is 29.6 Å². The number of fused-ring (bicyclic) bond motifs is 1. The fraction of sp³-hybridized carbons (Fsp3) is 0.759. The predicted octanol–water partition coefficient (Wildman–Crippen LogP) is 2.20. The van der Waals surface area contributed by atoms with Gasteiger partial charge in [-0.1, -0.05) is 46.6 Å². The number of carbonyl (C=O) groups is 5. The van der Waals surface area contributed by atoms with Gasteiger partial charge in [0.25, 0.3) is 5.91 Å². The molecule has 12 nitrogen and oxygen atoms in total. The van der Waals surface area contributed by atoms with Crippen molar-refractivity contribution in [3.8, 4) is 0 Å². The molecule has 0 saturated carbocycles. The number of amides is 4. The molecule has 0 unspecified atom stereocenters. The zero-order valence-corrected chi connectivity index (χ0v) is 25.9. The first-order valence-corrected chi connectivity index (χ1v) is 14.2. The number of hydrogen-bond donors (Lipinski definition) is 3. The van der Waals surface area contributed by atoms with E-state index in [1.807, 2.05) is 6.92 Å². The van der Waals surface area contributed by atoms with Crippen LogP contribution in [0.1, 0.15) is 81.6 Å². The maximum atomic E-state index is 14.0. The van der Waals surface area contributed by atoms with Gasteiger partial charge in [0.15, 0.2) is 5.79 Å². The molecule has 2 aliphatic rings. The molecule has 0 aromatic carbocycles. The quantitative estimate of drug-likeness (QED) is 0.248. The zero-order valence-electron chi connectivity index (χ0n) is 25.9. The zero-order chi connectivity index (χ0) is 31.3. The summed E-state index contributed by atoms with van der Waals surface area (Å²) in [5.74, 6) is -3.79. The Morgan fingerprint density at radius 1 is 1.07 bits per heavy atom. The molecule has 0 aromatic heterocycles. The van der Waals surface area contributed by atoms with E-state index in [0.717, 1.165) is 6.42 Å². The summed E-state index contributed by atoms with van der Waals surface area (Å²) in [7, 11) is 0. The van der Waals surface area contributed by atoms with Crippen molar-refractivity contribution in [1.82, 2.24) is 20.9 Å². The van der Waals surface area contributed by atoms with Gasteiger partial charge >= 0.3 is 6.09 Å². The molecule has 2 saturated heterocycles. The van der Waals surface area contributed by atoms with Gasteiger partial charge < -0.3 is 35.1 Å². The number of ether oxygens (including phenoxy) is 3. The smallest absolute Gasteiger partial charge is 0.408 e. The number of nitrogens with one attached hydrogen (secondary N) is 3. The van der Waals surface area contributed by atoms with Gasteiger partial charge in [-0.05, 0) is 46.5 Å². The molecule has 0 aliphatic carbocycles. The number of Topliss-reactive ketones (excluding diaryl/α,β-unsaturated/α-hetero) is 1. The minimum atomic E-state index is -1.17. The van der Waals surface area contributed by atoms with Gasteiger partial charge in [0, 0.05) is 6.54 Å². The molecule has 232 valence electrons. The van der Waals surface area contributed by atoms with Crippen molar-refractivity contribution < 1.29 is 38.2 Å². The third-order valence-electron chi connectivity index (χ3n) is 6.68. The molecule has 0 radical (unpaired) electrons. The van der Waals surface area contributed by atoms with E-state index < -0.39 is 76.7 Å². The average Bonchev–Trinajstić information content (AvgIpc) is 3.32. The van der Waals surface area contributed by atoms with Gasteiger partial charge in [-0.2, -0.15) is 0 Å². The van der Waals surface area contributed by atoms with Gasteiger partial charge in [-0.3, -0.25) is 19.2 Å². The number of alkyl carbamates (subject to hydrolysis) is 1. The van der Waals surface area contributed by atoms with Crippen LogP contribution in [-0.2, 0) is 33.4 Å². The standard InChI is InChI=1S/C29H48N4O8/c1-11-13-14-17(20(34)24(36)30-15-12-2)31-23(35)19-21-18(39-29(9,10)40-21)16-33(19)25(37)22(27(3,4)5)32-26(38)41-28(6,7)8/h12,17-19,21-22H,2,11,13-16H2,1,3-10H3,(H,30,36)(H,31,35)(H,32,38)/t17-,18-,19-,21-,22+/m0/s1. The van der Waals surface area contributed by atoms with E-state index in [1.165, 1.54) is 11.0 Å². The van der Waals surface area contributed by atoms with Crippen LogP contribution in [0.2, 0.25) is 0 Å². The predicted molar refractivity (Wildman–Crippen MR) is 152 cm³/mol. The Kier molecular flexibility index (Phi) is 11.1. The number of nitrogens with zero attached hydrogens (tertiary/aromatic N) is 1. The first-order valence-electron chi connectivity index (χ1n) is 14.2. The van der Waals surface area contributed by atoms with Crippen molar-refractivity contribution in [2.24, 2.45) is 5.41 Å². The van der Waals surface area contributed by atoms with Crippen molar-refractivity contribution in [2.75, 3.05) is 13.1 Å². The Bertz CT molecular complexity index is 1010. The minimum absolute atomic E-state index is 0.0288. The van der Waals surface area contributed by atoms with Crippen LogP contribution in [-0.4, -0.2) is 89.3 Å². The SMILES string of the molecule is C=CCNC(=O)C(=O)[C@H](CCCC)NC(=O)[C@@H]1[C@H]2OC(C)(C)O[C@H]2CN1C(=O)[C@@H](NC(=O)OC(C)(C)C)C(C)(C)C. The Morgan fingerprint density at radius 3 is 2.24 bits per heavy atom. The molecular weight excluding hydrogens is 532 g/mol. The van der Waals surface area contributed by atoms with Crippen LogP contribution in [0.25, 0.3) is 0 Å². The molecule has 2 rings (SSSR count). The molecule has 0 bridgehead atoms. The molecule has 4 amide bonds. The Hall–Kier alpha value is -2.99. The molecule has 2 fully saturated rings. The number of likely N-dealkylation sites (tertiary alicyclic amines) is 1. The second kappa shape index (κ2) is 13.3. The lowest BCUT2D eigenvalue weighted by Gasteiger charge is -2.37. The average molecular weight is 581 g/mol. The van der Waals surface area contributed by atoms with Gasteiger partial charge in [-0.15, -0.1) is 6.58 Å². The summed E-state index contributed by atoms with van der Waals surface area (Å²) in [6.45, 7) is 19.5. The maximum absolute atomic E-state index is 14.0. The monoisotopic (exact) mass is 580 g/mol. The van der Waals surface area contributed by atoms with E-state index in [2.05, 4.69) is 22.5 Å². The molecule has 0 spiro atoms. The molecular formula is C29H48N4O8. The molecule has 12 heteroatoms. The summed E-state index contributed by atoms with van der Waals surface area (Å²) in [4.78, 5) is 67.3.